The lowest BCUT2D eigenvalue weighted by atomic mass is 9.88. The molecule has 0 amide bonds. The van der Waals surface area contributed by atoms with Crippen LogP contribution in [0.15, 0.2) is 18.2 Å². The van der Waals surface area contributed by atoms with Gasteiger partial charge in [0.15, 0.2) is 0 Å². The topological polar surface area (TPSA) is 66.5 Å². The van der Waals surface area contributed by atoms with E-state index in [0.29, 0.717) is 12.3 Å². The molecule has 1 aromatic carbocycles. The molecular weight excluding hydrogens is 202 g/mol. The summed E-state index contributed by atoms with van der Waals surface area (Å²) in [4.78, 5) is 0. The number of aliphatic hydroxyl groups excluding tert-OH is 1. The molecule has 0 heterocycles. The van der Waals surface area contributed by atoms with Crippen molar-refractivity contribution in [3.05, 3.63) is 29.3 Å². The zero-order chi connectivity index (χ0) is 12.1. The smallest absolute Gasteiger partial charge is 0.118 e. The summed E-state index contributed by atoms with van der Waals surface area (Å²) in [5.41, 5.74) is 7.65. The largest absolute Gasteiger partial charge is 0.508 e. The zero-order valence-electron chi connectivity index (χ0n) is 9.98. The lowest BCUT2D eigenvalue weighted by Gasteiger charge is -2.20. The Hall–Kier alpha value is -1.06. The first-order valence-electron chi connectivity index (χ1n) is 5.68. The van der Waals surface area contributed by atoms with Crippen molar-refractivity contribution in [3.8, 4) is 5.75 Å². The van der Waals surface area contributed by atoms with Crippen molar-refractivity contribution in [2.75, 3.05) is 13.2 Å². The molecule has 0 fully saturated rings. The van der Waals surface area contributed by atoms with Crippen LogP contribution in [0.4, 0.5) is 0 Å². The molecule has 16 heavy (non-hydrogen) atoms. The lowest BCUT2D eigenvalue weighted by Crippen LogP contribution is -2.26. The summed E-state index contributed by atoms with van der Waals surface area (Å²) in [5, 5.41) is 18.9. The molecule has 4 N–H and O–H groups in total. The highest BCUT2D eigenvalue weighted by Gasteiger charge is 2.16. The van der Waals surface area contributed by atoms with Gasteiger partial charge in [0.1, 0.15) is 5.75 Å². The van der Waals surface area contributed by atoms with E-state index in [0.717, 1.165) is 17.5 Å². The van der Waals surface area contributed by atoms with Gasteiger partial charge in [-0.3, -0.25) is 0 Å². The lowest BCUT2D eigenvalue weighted by molar-refractivity contribution is 0.186. The molecule has 0 aliphatic heterocycles. The first-order valence-corrected chi connectivity index (χ1v) is 5.68. The minimum atomic E-state index is 0.0971. The Bertz CT molecular complexity index is 335. The number of hydrogen-bond acceptors (Lipinski definition) is 3. The highest BCUT2D eigenvalue weighted by Crippen LogP contribution is 2.24. The fourth-order valence-electron chi connectivity index (χ4n) is 1.88. The quantitative estimate of drug-likeness (QED) is 0.707. The van der Waals surface area contributed by atoms with E-state index in [1.807, 2.05) is 19.1 Å². The first kappa shape index (κ1) is 13.0. The Morgan fingerprint density at radius 2 is 2.06 bits per heavy atom. The standard InChI is InChI=1S/C13H21NO2/c1-9-3-4-13(16)11(5-9)6-10(2)12(7-14)8-15/h3-5,10,12,15-16H,6-8,14H2,1-2H3. The van der Waals surface area contributed by atoms with E-state index in [1.165, 1.54) is 0 Å². The second-order valence-corrected chi connectivity index (χ2v) is 4.49. The number of rotatable bonds is 5. The van der Waals surface area contributed by atoms with E-state index < -0.39 is 0 Å². The van der Waals surface area contributed by atoms with E-state index in [1.54, 1.807) is 6.07 Å². The van der Waals surface area contributed by atoms with Crippen molar-refractivity contribution in [3.63, 3.8) is 0 Å². The normalized spacial score (nSPS) is 14.8. The van der Waals surface area contributed by atoms with Crippen LogP contribution in [0.5, 0.6) is 5.75 Å². The molecule has 1 rings (SSSR count). The van der Waals surface area contributed by atoms with Crippen molar-refractivity contribution in [1.82, 2.24) is 0 Å². The molecule has 3 nitrogen and oxygen atoms in total. The summed E-state index contributed by atoms with van der Waals surface area (Å²) in [6, 6.07) is 5.58. The molecule has 0 saturated carbocycles. The van der Waals surface area contributed by atoms with Gasteiger partial charge in [-0.2, -0.15) is 0 Å². The summed E-state index contributed by atoms with van der Waals surface area (Å²) < 4.78 is 0. The molecule has 0 bridgehead atoms. The van der Waals surface area contributed by atoms with Gasteiger partial charge in [-0.15, -0.1) is 0 Å². The van der Waals surface area contributed by atoms with Gasteiger partial charge in [0.05, 0.1) is 0 Å². The number of benzene rings is 1. The number of aryl methyl sites for hydroxylation is 1. The third kappa shape index (κ3) is 3.22. The summed E-state index contributed by atoms with van der Waals surface area (Å²) in [6.07, 6.45) is 0.746. The maximum Gasteiger partial charge on any atom is 0.118 e. The average molecular weight is 223 g/mol. The highest BCUT2D eigenvalue weighted by atomic mass is 16.3. The molecular formula is C13H21NO2. The van der Waals surface area contributed by atoms with Crippen LogP contribution in [-0.4, -0.2) is 23.4 Å². The number of phenols is 1. The minimum absolute atomic E-state index is 0.0971. The number of aliphatic hydroxyl groups is 1. The van der Waals surface area contributed by atoms with Crippen LogP contribution in [0.3, 0.4) is 0 Å². The van der Waals surface area contributed by atoms with Crippen molar-refractivity contribution < 1.29 is 10.2 Å². The third-order valence-corrected chi connectivity index (χ3v) is 3.12. The van der Waals surface area contributed by atoms with Crippen LogP contribution in [0, 0.1) is 18.8 Å². The molecule has 2 atom stereocenters. The van der Waals surface area contributed by atoms with Gasteiger partial charge in [-0.05, 0) is 43.4 Å². The molecule has 0 aliphatic carbocycles. The van der Waals surface area contributed by atoms with Crippen LogP contribution in [0.2, 0.25) is 0 Å². The Balaban J connectivity index is 2.75. The second-order valence-electron chi connectivity index (χ2n) is 4.49. The van der Waals surface area contributed by atoms with Crippen molar-refractivity contribution in [2.45, 2.75) is 20.3 Å². The van der Waals surface area contributed by atoms with Crippen LogP contribution in [0.1, 0.15) is 18.1 Å². The summed E-state index contributed by atoms with van der Waals surface area (Å²) in [7, 11) is 0. The van der Waals surface area contributed by atoms with E-state index in [4.69, 9.17) is 10.8 Å². The van der Waals surface area contributed by atoms with E-state index in [-0.39, 0.29) is 18.4 Å². The van der Waals surface area contributed by atoms with Crippen molar-refractivity contribution >= 4 is 0 Å². The summed E-state index contributed by atoms with van der Waals surface area (Å²) in [6.45, 7) is 4.63. The Kier molecular flexibility index (Phi) is 4.77. The van der Waals surface area contributed by atoms with Gasteiger partial charge in [0, 0.05) is 6.61 Å². The van der Waals surface area contributed by atoms with E-state index in [9.17, 15) is 5.11 Å². The Labute approximate surface area is 96.9 Å². The van der Waals surface area contributed by atoms with Crippen LogP contribution in [0.25, 0.3) is 0 Å². The minimum Gasteiger partial charge on any atom is -0.508 e. The number of hydrogen-bond donors (Lipinski definition) is 3. The summed E-state index contributed by atoms with van der Waals surface area (Å²) >= 11 is 0. The predicted octanol–water partition coefficient (Wildman–Crippen LogP) is 1.45. The molecule has 0 aromatic heterocycles. The molecule has 0 saturated heterocycles. The van der Waals surface area contributed by atoms with Crippen molar-refractivity contribution in [2.24, 2.45) is 17.6 Å². The molecule has 0 aliphatic rings. The van der Waals surface area contributed by atoms with Gasteiger partial charge in [0.2, 0.25) is 0 Å². The average Bonchev–Trinajstić information content (AvgIpc) is 2.25. The SMILES string of the molecule is Cc1ccc(O)c(CC(C)C(CN)CO)c1. The zero-order valence-corrected chi connectivity index (χ0v) is 9.98. The fourth-order valence-corrected chi connectivity index (χ4v) is 1.88. The van der Waals surface area contributed by atoms with E-state index in [2.05, 4.69) is 6.92 Å². The van der Waals surface area contributed by atoms with E-state index >= 15 is 0 Å². The van der Waals surface area contributed by atoms with Gasteiger partial charge >= 0.3 is 0 Å². The van der Waals surface area contributed by atoms with Crippen LogP contribution < -0.4 is 5.73 Å². The monoisotopic (exact) mass is 223 g/mol. The number of aromatic hydroxyl groups is 1. The molecule has 90 valence electrons. The molecule has 0 spiro atoms. The van der Waals surface area contributed by atoms with Crippen LogP contribution in [-0.2, 0) is 6.42 Å². The molecule has 1 aromatic rings. The van der Waals surface area contributed by atoms with Gasteiger partial charge in [-0.25, -0.2) is 0 Å². The van der Waals surface area contributed by atoms with Crippen molar-refractivity contribution in [1.29, 1.82) is 0 Å². The highest BCUT2D eigenvalue weighted by molar-refractivity contribution is 5.35. The maximum atomic E-state index is 9.72. The third-order valence-electron chi connectivity index (χ3n) is 3.12. The molecule has 2 unspecified atom stereocenters. The van der Waals surface area contributed by atoms with Crippen LogP contribution >= 0.6 is 0 Å². The second kappa shape index (κ2) is 5.87. The number of phenolic OH excluding ortho intramolecular Hbond substituents is 1. The maximum absolute atomic E-state index is 9.72. The Morgan fingerprint density at radius 1 is 1.38 bits per heavy atom. The fraction of sp³-hybridized carbons (Fsp3) is 0.538. The van der Waals surface area contributed by atoms with Gasteiger partial charge in [0.25, 0.3) is 0 Å². The Morgan fingerprint density at radius 3 is 2.62 bits per heavy atom. The molecule has 0 radical (unpaired) electrons. The molecule has 3 heteroatoms. The van der Waals surface area contributed by atoms with Gasteiger partial charge in [-0.1, -0.05) is 24.6 Å². The predicted molar refractivity (Wildman–Crippen MR) is 65.3 cm³/mol. The number of nitrogens with two attached hydrogens (primary N) is 1. The van der Waals surface area contributed by atoms with Gasteiger partial charge < -0.3 is 15.9 Å². The summed E-state index contributed by atoms with van der Waals surface area (Å²) in [5.74, 6) is 0.689. The first-order chi connectivity index (χ1) is 7.58.